The molecule has 0 fully saturated rings. The van der Waals surface area contributed by atoms with Crippen LogP contribution < -0.4 is 5.32 Å². The van der Waals surface area contributed by atoms with Crippen molar-refractivity contribution in [1.82, 2.24) is 5.32 Å². The molecular formula is C15H18FNS. The minimum absolute atomic E-state index is 0.164. The van der Waals surface area contributed by atoms with Crippen LogP contribution in [0.25, 0.3) is 0 Å². The fourth-order valence-electron chi connectivity index (χ4n) is 2.02. The third-order valence-electron chi connectivity index (χ3n) is 3.01. The molecule has 1 nitrogen and oxygen atoms in total. The van der Waals surface area contributed by atoms with Crippen molar-refractivity contribution in [2.45, 2.75) is 26.3 Å². The molecule has 2 rings (SSSR count). The smallest absolute Gasteiger partial charge is 0.123 e. The third kappa shape index (κ3) is 2.98. The summed E-state index contributed by atoms with van der Waals surface area (Å²) in [4.78, 5) is 0. The van der Waals surface area contributed by atoms with Crippen LogP contribution >= 0.6 is 11.3 Å². The minimum Gasteiger partial charge on any atom is -0.306 e. The molecule has 1 aromatic heterocycles. The van der Waals surface area contributed by atoms with E-state index in [-0.39, 0.29) is 11.9 Å². The second-order valence-corrected chi connectivity index (χ2v) is 5.19. The maximum atomic E-state index is 13.0. The average Bonchev–Trinajstić information content (AvgIpc) is 2.78. The summed E-state index contributed by atoms with van der Waals surface area (Å²) in [6.07, 6.45) is 1.08. The Morgan fingerprint density at radius 3 is 2.50 bits per heavy atom. The van der Waals surface area contributed by atoms with Crippen molar-refractivity contribution in [3.05, 3.63) is 57.5 Å². The number of halogens is 1. The lowest BCUT2D eigenvalue weighted by Crippen LogP contribution is -2.23. The molecule has 0 aliphatic heterocycles. The number of rotatable bonds is 5. The first-order chi connectivity index (χ1) is 8.72. The van der Waals surface area contributed by atoms with Crippen molar-refractivity contribution in [2.24, 2.45) is 0 Å². The van der Waals surface area contributed by atoms with Crippen molar-refractivity contribution in [2.75, 3.05) is 6.54 Å². The fraction of sp³-hybridized carbons (Fsp3) is 0.333. The first-order valence-electron chi connectivity index (χ1n) is 6.24. The topological polar surface area (TPSA) is 12.0 Å². The number of aryl methyl sites for hydroxylation is 1. The van der Waals surface area contributed by atoms with Crippen LogP contribution in [0, 0.1) is 12.7 Å². The zero-order valence-electron chi connectivity index (χ0n) is 10.7. The molecule has 1 atom stereocenters. The number of hydrogen-bond donors (Lipinski definition) is 1. The Bertz CT molecular complexity index is 489. The van der Waals surface area contributed by atoms with Crippen LogP contribution in [0.2, 0.25) is 0 Å². The molecule has 0 aliphatic rings. The molecule has 96 valence electrons. The monoisotopic (exact) mass is 263 g/mol. The summed E-state index contributed by atoms with van der Waals surface area (Å²) in [5, 5.41) is 7.86. The summed E-state index contributed by atoms with van der Waals surface area (Å²) < 4.78 is 13.0. The third-order valence-corrected chi connectivity index (χ3v) is 3.89. The van der Waals surface area contributed by atoms with Gasteiger partial charge in [-0.15, -0.1) is 0 Å². The highest BCUT2D eigenvalue weighted by atomic mass is 32.1. The SMILES string of the molecule is CCCNC(c1ccc(F)cc1)c1cscc1C. The molecule has 1 N–H and O–H groups in total. The van der Waals surface area contributed by atoms with Crippen molar-refractivity contribution < 1.29 is 4.39 Å². The molecule has 0 bridgehead atoms. The minimum atomic E-state index is -0.185. The van der Waals surface area contributed by atoms with E-state index in [9.17, 15) is 4.39 Å². The molecule has 2 aromatic rings. The van der Waals surface area contributed by atoms with Crippen LogP contribution in [-0.4, -0.2) is 6.54 Å². The van der Waals surface area contributed by atoms with Crippen LogP contribution in [0.15, 0.2) is 35.0 Å². The number of nitrogens with one attached hydrogen (secondary N) is 1. The Hall–Kier alpha value is -1.19. The quantitative estimate of drug-likeness (QED) is 0.848. The van der Waals surface area contributed by atoms with Gasteiger partial charge in [-0.1, -0.05) is 19.1 Å². The number of benzene rings is 1. The van der Waals surface area contributed by atoms with E-state index >= 15 is 0 Å². The second kappa shape index (κ2) is 6.12. The summed E-state index contributed by atoms with van der Waals surface area (Å²) in [7, 11) is 0. The zero-order chi connectivity index (χ0) is 13.0. The van der Waals surface area contributed by atoms with Crippen LogP contribution in [0.3, 0.4) is 0 Å². The van der Waals surface area contributed by atoms with Crippen LogP contribution in [0.1, 0.15) is 36.1 Å². The van der Waals surface area contributed by atoms with Gasteiger partial charge in [0.1, 0.15) is 5.82 Å². The molecule has 0 aliphatic carbocycles. The Labute approximate surface area is 112 Å². The van der Waals surface area contributed by atoms with Crippen molar-refractivity contribution in [3.63, 3.8) is 0 Å². The largest absolute Gasteiger partial charge is 0.306 e. The standard InChI is InChI=1S/C15H18FNS/c1-3-8-17-15(14-10-18-9-11(14)2)12-4-6-13(16)7-5-12/h4-7,9-10,15,17H,3,8H2,1-2H3. The van der Waals surface area contributed by atoms with Gasteiger partial charge >= 0.3 is 0 Å². The van der Waals surface area contributed by atoms with E-state index in [2.05, 4.69) is 29.9 Å². The lowest BCUT2D eigenvalue weighted by Gasteiger charge is -2.19. The summed E-state index contributed by atoms with van der Waals surface area (Å²) in [6.45, 7) is 5.22. The molecular weight excluding hydrogens is 245 g/mol. The van der Waals surface area contributed by atoms with Crippen LogP contribution in [0.5, 0.6) is 0 Å². The van der Waals surface area contributed by atoms with Gasteiger partial charge in [-0.3, -0.25) is 0 Å². The first kappa shape index (κ1) is 13.2. The normalized spacial score (nSPS) is 12.6. The summed E-state index contributed by atoms with van der Waals surface area (Å²) in [5.74, 6) is -0.185. The number of thiophene rings is 1. The maximum Gasteiger partial charge on any atom is 0.123 e. The Morgan fingerprint density at radius 1 is 1.22 bits per heavy atom. The Kier molecular flexibility index (Phi) is 4.50. The maximum absolute atomic E-state index is 13.0. The lowest BCUT2D eigenvalue weighted by molar-refractivity contribution is 0.592. The molecule has 18 heavy (non-hydrogen) atoms. The van der Waals surface area contributed by atoms with E-state index in [0.29, 0.717) is 0 Å². The van der Waals surface area contributed by atoms with Crippen molar-refractivity contribution >= 4 is 11.3 Å². The summed E-state index contributed by atoms with van der Waals surface area (Å²) >= 11 is 1.71. The van der Waals surface area contributed by atoms with Gasteiger partial charge in [0.2, 0.25) is 0 Å². The molecule has 3 heteroatoms. The number of hydrogen-bond acceptors (Lipinski definition) is 2. The molecule has 0 amide bonds. The fourth-order valence-corrected chi connectivity index (χ4v) is 2.89. The van der Waals surface area contributed by atoms with E-state index in [1.165, 1.54) is 23.3 Å². The van der Waals surface area contributed by atoms with E-state index in [4.69, 9.17) is 0 Å². The van der Waals surface area contributed by atoms with Gasteiger partial charge < -0.3 is 5.32 Å². The summed E-state index contributed by atoms with van der Waals surface area (Å²) in [6, 6.07) is 6.94. The van der Waals surface area contributed by atoms with Crippen LogP contribution in [-0.2, 0) is 0 Å². The Morgan fingerprint density at radius 2 is 1.94 bits per heavy atom. The lowest BCUT2D eigenvalue weighted by atomic mass is 9.98. The van der Waals surface area contributed by atoms with Gasteiger partial charge in [-0.05, 0) is 59.5 Å². The molecule has 0 radical (unpaired) electrons. The molecule has 1 heterocycles. The van der Waals surface area contributed by atoms with Gasteiger partial charge in [0.15, 0.2) is 0 Å². The zero-order valence-corrected chi connectivity index (χ0v) is 11.6. The molecule has 0 saturated carbocycles. The highest BCUT2D eigenvalue weighted by Gasteiger charge is 2.15. The van der Waals surface area contributed by atoms with E-state index in [1.807, 2.05) is 12.1 Å². The van der Waals surface area contributed by atoms with Gasteiger partial charge in [0, 0.05) is 0 Å². The van der Waals surface area contributed by atoms with Gasteiger partial charge in [0.05, 0.1) is 6.04 Å². The van der Waals surface area contributed by atoms with E-state index in [0.717, 1.165) is 18.5 Å². The van der Waals surface area contributed by atoms with Crippen molar-refractivity contribution in [3.8, 4) is 0 Å². The van der Waals surface area contributed by atoms with Crippen molar-refractivity contribution in [1.29, 1.82) is 0 Å². The molecule has 0 saturated heterocycles. The van der Waals surface area contributed by atoms with Gasteiger partial charge in [-0.25, -0.2) is 4.39 Å². The average molecular weight is 263 g/mol. The predicted octanol–water partition coefficient (Wildman–Crippen LogP) is 4.28. The highest BCUT2D eigenvalue weighted by Crippen LogP contribution is 2.27. The van der Waals surface area contributed by atoms with E-state index < -0.39 is 0 Å². The first-order valence-corrected chi connectivity index (χ1v) is 7.18. The molecule has 1 unspecified atom stereocenters. The second-order valence-electron chi connectivity index (χ2n) is 4.45. The van der Waals surface area contributed by atoms with Gasteiger partial charge in [0.25, 0.3) is 0 Å². The summed E-state index contributed by atoms with van der Waals surface area (Å²) in [5.41, 5.74) is 3.70. The molecule has 1 aromatic carbocycles. The predicted molar refractivity (Wildman–Crippen MR) is 75.6 cm³/mol. The molecule has 0 spiro atoms. The van der Waals surface area contributed by atoms with E-state index in [1.54, 1.807) is 11.3 Å². The Balaban J connectivity index is 2.30. The van der Waals surface area contributed by atoms with Gasteiger partial charge in [-0.2, -0.15) is 11.3 Å². The van der Waals surface area contributed by atoms with Crippen LogP contribution in [0.4, 0.5) is 4.39 Å². The highest BCUT2D eigenvalue weighted by molar-refractivity contribution is 7.08.